The summed E-state index contributed by atoms with van der Waals surface area (Å²) in [6, 6.07) is 14.7. The van der Waals surface area contributed by atoms with Gasteiger partial charge in [-0.05, 0) is 47.8 Å². The summed E-state index contributed by atoms with van der Waals surface area (Å²) in [6.45, 7) is 0. The average molecular weight is 505 g/mol. The van der Waals surface area contributed by atoms with E-state index in [1.165, 1.54) is 29.4 Å². The minimum atomic E-state index is -0.750. The molecule has 4 rings (SSSR count). The minimum Gasteiger partial charge on any atom is -0.507 e. The zero-order valence-electron chi connectivity index (χ0n) is 15.6. The molecule has 5 nitrogen and oxygen atoms in total. The average Bonchev–Trinajstić information content (AvgIpc) is 3.35. The molecule has 1 unspecified atom stereocenters. The highest BCUT2D eigenvalue weighted by molar-refractivity contribution is 9.10. The molecule has 8 heteroatoms. The van der Waals surface area contributed by atoms with Crippen LogP contribution in [0.25, 0.3) is 5.76 Å². The largest absolute Gasteiger partial charge is 0.507 e. The van der Waals surface area contributed by atoms with Crippen LogP contribution in [0.15, 0.2) is 70.0 Å². The molecule has 0 radical (unpaired) electrons. The van der Waals surface area contributed by atoms with Crippen molar-refractivity contribution < 1.29 is 19.4 Å². The lowest BCUT2D eigenvalue weighted by molar-refractivity contribution is -0.132. The van der Waals surface area contributed by atoms with Gasteiger partial charge in [0.1, 0.15) is 17.6 Å². The molecule has 0 saturated carbocycles. The molecule has 152 valence electrons. The summed E-state index contributed by atoms with van der Waals surface area (Å²) in [7, 11) is 1.46. The number of hydrogen-bond acceptors (Lipinski definition) is 5. The summed E-state index contributed by atoms with van der Waals surface area (Å²) in [6.07, 6.45) is 0. The number of ketones is 1. The maximum Gasteiger partial charge on any atom is 0.300 e. The number of thiophene rings is 1. The number of aliphatic hydroxyl groups is 1. The Labute approximate surface area is 190 Å². The van der Waals surface area contributed by atoms with Gasteiger partial charge in [-0.2, -0.15) is 0 Å². The van der Waals surface area contributed by atoms with E-state index in [0.717, 1.165) is 9.35 Å². The van der Waals surface area contributed by atoms with Crippen molar-refractivity contribution in [3.63, 3.8) is 0 Å². The fraction of sp³-hybridized carbons (Fsp3) is 0.0909. The van der Waals surface area contributed by atoms with Gasteiger partial charge < -0.3 is 9.84 Å². The van der Waals surface area contributed by atoms with Crippen LogP contribution in [-0.4, -0.2) is 23.9 Å². The van der Waals surface area contributed by atoms with E-state index in [1.54, 1.807) is 30.3 Å². The van der Waals surface area contributed by atoms with Crippen LogP contribution in [-0.2, 0) is 9.59 Å². The fourth-order valence-electron chi connectivity index (χ4n) is 3.40. The van der Waals surface area contributed by atoms with E-state index in [9.17, 15) is 14.7 Å². The smallest absolute Gasteiger partial charge is 0.300 e. The maximum absolute atomic E-state index is 13.0. The molecule has 1 saturated heterocycles. The highest BCUT2D eigenvalue weighted by Crippen LogP contribution is 2.44. The van der Waals surface area contributed by atoms with Gasteiger partial charge in [0.15, 0.2) is 0 Å². The molecule has 1 aromatic heterocycles. The highest BCUT2D eigenvalue weighted by atomic mass is 79.9. The predicted molar refractivity (Wildman–Crippen MR) is 121 cm³/mol. The van der Waals surface area contributed by atoms with Gasteiger partial charge in [0, 0.05) is 20.6 Å². The standard InChI is InChI=1S/C22H15BrClNO4S/c1-29-16-10-12(7-8-15(16)24)20(26)18-19(17-6-3-9-30-17)25(22(28)21(18)27)14-5-2-4-13(23)11-14/h2-11,19,26H,1H3/b20-18-. The zero-order chi connectivity index (χ0) is 21.4. The van der Waals surface area contributed by atoms with E-state index in [2.05, 4.69) is 15.9 Å². The second kappa shape index (κ2) is 8.26. The third-order valence-electron chi connectivity index (χ3n) is 4.77. The second-order valence-electron chi connectivity index (χ2n) is 6.51. The van der Waals surface area contributed by atoms with Crippen molar-refractivity contribution in [1.82, 2.24) is 0 Å². The van der Waals surface area contributed by atoms with Gasteiger partial charge in [-0.1, -0.05) is 39.7 Å². The first-order valence-electron chi connectivity index (χ1n) is 8.86. The number of ether oxygens (including phenoxy) is 1. The third kappa shape index (κ3) is 3.53. The van der Waals surface area contributed by atoms with Crippen LogP contribution in [0.1, 0.15) is 16.5 Å². The Morgan fingerprint density at radius 1 is 1.17 bits per heavy atom. The summed E-state index contributed by atoms with van der Waals surface area (Å²) >= 11 is 10.9. The van der Waals surface area contributed by atoms with Gasteiger partial charge in [-0.15, -0.1) is 11.3 Å². The number of rotatable bonds is 4. The molecular weight excluding hydrogens is 490 g/mol. The Kier molecular flexibility index (Phi) is 5.69. The third-order valence-corrected chi connectivity index (χ3v) is 6.50. The van der Waals surface area contributed by atoms with Crippen LogP contribution in [0.3, 0.4) is 0 Å². The van der Waals surface area contributed by atoms with Crippen molar-refractivity contribution >= 4 is 62.0 Å². The molecule has 2 aromatic carbocycles. The number of hydrogen-bond donors (Lipinski definition) is 1. The molecule has 1 amide bonds. The molecule has 2 heterocycles. The predicted octanol–water partition coefficient (Wildman–Crippen LogP) is 5.80. The molecular formula is C22H15BrClNO4S. The highest BCUT2D eigenvalue weighted by Gasteiger charge is 2.47. The Bertz CT molecular complexity index is 1180. The number of carbonyl (C=O) groups is 2. The minimum absolute atomic E-state index is 0.0202. The van der Waals surface area contributed by atoms with Crippen LogP contribution >= 0.6 is 38.9 Å². The van der Waals surface area contributed by atoms with Crippen molar-refractivity contribution in [2.75, 3.05) is 12.0 Å². The number of amides is 1. The number of anilines is 1. The van der Waals surface area contributed by atoms with Crippen molar-refractivity contribution in [3.8, 4) is 5.75 Å². The molecule has 0 aliphatic carbocycles. The van der Waals surface area contributed by atoms with Crippen LogP contribution in [0.2, 0.25) is 5.02 Å². The molecule has 1 N–H and O–H groups in total. The van der Waals surface area contributed by atoms with Crippen LogP contribution in [0, 0.1) is 0 Å². The lowest BCUT2D eigenvalue weighted by atomic mass is 9.99. The summed E-state index contributed by atoms with van der Waals surface area (Å²) in [5.41, 5.74) is 0.912. The Hall–Kier alpha value is -2.61. The molecule has 1 fully saturated rings. The summed E-state index contributed by atoms with van der Waals surface area (Å²) < 4.78 is 5.99. The Balaban J connectivity index is 1.93. The fourth-order valence-corrected chi connectivity index (χ4v) is 4.81. The van der Waals surface area contributed by atoms with E-state index >= 15 is 0 Å². The van der Waals surface area contributed by atoms with E-state index in [1.807, 2.05) is 23.6 Å². The van der Waals surface area contributed by atoms with Gasteiger partial charge >= 0.3 is 0 Å². The second-order valence-corrected chi connectivity index (χ2v) is 8.82. The van der Waals surface area contributed by atoms with E-state index in [-0.39, 0.29) is 11.3 Å². The number of methoxy groups -OCH3 is 1. The van der Waals surface area contributed by atoms with Crippen molar-refractivity contribution in [1.29, 1.82) is 0 Å². The number of nitrogens with zero attached hydrogens (tertiary/aromatic N) is 1. The monoisotopic (exact) mass is 503 g/mol. The number of aliphatic hydroxyl groups excluding tert-OH is 1. The first kappa shape index (κ1) is 20.7. The van der Waals surface area contributed by atoms with Crippen LogP contribution in [0.5, 0.6) is 5.75 Å². The molecule has 0 spiro atoms. The summed E-state index contributed by atoms with van der Waals surface area (Å²) in [5.74, 6) is -1.37. The lowest BCUT2D eigenvalue weighted by Gasteiger charge is -2.24. The van der Waals surface area contributed by atoms with Crippen LogP contribution < -0.4 is 9.64 Å². The first-order valence-corrected chi connectivity index (χ1v) is 10.9. The van der Waals surface area contributed by atoms with Gasteiger partial charge in [-0.25, -0.2) is 0 Å². The molecule has 1 aliphatic heterocycles. The molecule has 1 aliphatic rings. The van der Waals surface area contributed by atoms with E-state index < -0.39 is 17.7 Å². The lowest BCUT2D eigenvalue weighted by Crippen LogP contribution is -2.29. The summed E-state index contributed by atoms with van der Waals surface area (Å²) in [5, 5.41) is 13.3. The van der Waals surface area contributed by atoms with E-state index in [4.69, 9.17) is 16.3 Å². The van der Waals surface area contributed by atoms with Gasteiger partial charge in [-0.3, -0.25) is 14.5 Å². The molecule has 0 bridgehead atoms. The molecule has 30 heavy (non-hydrogen) atoms. The van der Waals surface area contributed by atoms with Crippen LogP contribution in [0.4, 0.5) is 5.69 Å². The number of halogens is 2. The van der Waals surface area contributed by atoms with Crippen molar-refractivity contribution in [2.24, 2.45) is 0 Å². The van der Waals surface area contributed by atoms with Gasteiger partial charge in [0.05, 0.1) is 17.7 Å². The number of benzene rings is 2. The van der Waals surface area contributed by atoms with Crippen molar-refractivity contribution in [3.05, 3.63) is 85.5 Å². The Morgan fingerprint density at radius 2 is 1.97 bits per heavy atom. The maximum atomic E-state index is 13.0. The topological polar surface area (TPSA) is 66.8 Å². The number of carbonyl (C=O) groups excluding carboxylic acids is 2. The number of Topliss-reactive ketones (excluding diaryl/α,β-unsaturated/α-hetero) is 1. The van der Waals surface area contributed by atoms with Crippen molar-refractivity contribution in [2.45, 2.75) is 6.04 Å². The molecule has 3 aromatic rings. The normalized spacial score (nSPS) is 18.1. The van der Waals surface area contributed by atoms with Gasteiger partial charge in [0.25, 0.3) is 11.7 Å². The zero-order valence-corrected chi connectivity index (χ0v) is 18.8. The van der Waals surface area contributed by atoms with Gasteiger partial charge in [0.2, 0.25) is 0 Å². The van der Waals surface area contributed by atoms with E-state index in [0.29, 0.717) is 22.0 Å². The molecule has 1 atom stereocenters. The SMILES string of the molecule is COc1cc(/C(O)=C2/C(=O)C(=O)N(c3cccc(Br)c3)C2c2cccs2)ccc1Cl. The quantitative estimate of drug-likeness (QED) is 0.277. The first-order chi connectivity index (χ1) is 14.4. The summed E-state index contributed by atoms with van der Waals surface area (Å²) in [4.78, 5) is 28.2. The Morgan fingerprint density at radius 3 is 2.63 bits per heavy atom.